The molecule has 4 N–H and O–H groups in total. The van der Waals surface area contributed by atoms with Crippen molar-refractivity contribution in [2.45, 2.75) is 0 Å². The van der Waals surface area contributed by atoms with Gasteiger partial charge in [0, 0.05) is 23.2 Å². The standard InChI is InChI=1S/C26H32N4O6/c1-27-7-8-34-9-10-35-11-12-36-23-16-20-18(15-22(23)32-2)14-21-24(20)29-30-25(21)28-19-6-4-5-17(13-19)26(31)33-3/h4-6,13-16,27-30H,7-12H2,1-3H3. The highest BCUT2D eigenvalue weighted by Crippen LogP contribution is 2.42. The molecule has 1 heterocycles. The van der Waals surface area contributed by atoms with Gasteiger partial charge in [-0.05, 0) is 48.8 Å². The third-order valence-electron chi connectivity index (χ3n) is 5.66. The Morgan fingerprint density at radius 2 is 1.72 bits per heavy atom. The first-order valence-corrected chi connectivity index (χ1v) is 11.7. The molecular weight excluding hydrogens is 464 g/mol. The molecule has 0 unspecified atom stereocenters. The highest BCUT2D eigenvalue weighted by molar-refractivity contribution is 6.05. The number of benzene rings is 2. The first kappa shape index (κ1) is 25.4. The number of carbonyl (C=O) groups is 1. The molecule has 1 aliphatic heterocycles. The fourth-order valence-corrected chi connectivity index (χ4v) is 3.87. The summed E-state index contributed by atoms with van der Waals surface area (Å²) in [6.45, 7) is 3.39. The van der Waals surface area contributed by atoms with Crippen LogP contribution < -0.4 is 20.1 Å². The quantitative estimate of drug-likeness (QED) is 0.154. The van der Waals surface area contributed by atoms with E-state index in [1.165, 1.54) is 7.11 Å². The van der Waals surface area contributed by atoms with E-state index in [1.54, 1.807) is 25.3 Å². The minimum atomic E-state index is -0.385. The van der Waals surface area contributed by atoms with Gasteiger partial charge in [-0.1, -0.05) is 6.07 Å². The van der Waals surface area contributed by atoms with Crippen LogP contribution in [0.2, 0.25) is 0 Å². The van der Waals surface area contributed by atoms with E-state index in [0.29, 0.717) is 50.1 Å². The summed E-state index contributed by atoms with van der Waals surface area (Å²) in [5, 5.41) is 14.8. The SMILES string of the molecule is CNCCOCCOCCOc1cc2c3[nH][nH]c(Nc4cccc(C(=O)OC)c4)c-3cc2cc1OC. The van der Waals surface area contributed by atoms with Crippen molar-refractivity contribution in [1.82, 2.24) is 15.5 Å². The molecule has 0 aromatic heterocycles. The van der Waals surface area contributed by atoms with Gasteiger partial charge in [0.15, 0.2) is 11.5 Å². The second-order valence-electron chi connectivity index (χ2n) is 8.02. The number of ether oxygens (including phenoxy) is 5. The van der Waals surface area contributed by atoms with Crippen molar-refractivity contribution in [3.8, 4) is 22.8 Å². The minimum absolute atomic E-state index is 0.385. The van der Waals surface area contributed by atoms with Gasteiger partial charge >= 0.3 is 5.97 Å². The number of methoxy groups -OCH3 is 2. The van der Waals surface area contributed by atoms with E-state index in [2.05, 4.69) is 26.9 Å². The fourth-order valence-electron chi connectivity index (χ4n) is 3.87. The number of fused-ring (bicyclic) bond motifs is 3. The van der Waals surface area contributed by atoms with Gasteiger partial charge in [0.05, 0.1) is 51.9 Å². The Morgan fingerprint density at radius 3 is 2.50 bits per heavy atom. The molecule has 0 saturated heterocycles. The van der Waals surface area contributed by atoms with Gasteiger partial charge in [0.1, 0.15) is 12.4 Å². The van der Waals surface area contributed by atoms with Crippen LogP contribution in [0, 0.1) is 0 Å². The maximum absolute atomic E-state index is 11.9. The average molecular weight is 497 g/mol. The number of likely N-dealkylation sites (N-methyl/N-ethyl adjacent to an activating group) is 1. The van der Waals surface area contributed by atoms with E-state index in [-0.39, 0.29) is 5.97 Å². The number of hydrogen-bond donors (Lipinski definition) is 4. The average Bonchev–Trinajstić information content (AvgIpc) is 3.46. The first-order chi connectivity index (χ1) is 17.6. The minimum Gasteiger partial charge on any atom is -0.493 e. The summed E-state index contributed by atoms with van der Waals surface area (Å²) < 4.78 is 27.4. The molecule has 0 saturated carbocycles. The number of aromatic nitrogens is 2. The van der Waals surface area contributed by atoms with Crippen molar-refractivity contribution in [2.24, 2.45) is 0 Å². The van der Waals surface area contributed by atoms with Gasteiger partial charge in [-0.3, -0.25) is 10.2 Å². The molecule has 0 bridgehead atoms. The lowest BCUT2D eigenvalue weighted by atomic mass is 10.2. The second kappa shape index (κ2) is 12.3. The van der Waals surface area contributed by atoms with E-state index in [0.717, 1.165) is 40.1 Å². The predicted molar refractivity (Wildman–Crippen MR) is 138 cm³/mol. The summed E-state index contributed by atoms with van der Waals surface area (Å²) in [6.07, 6.45) is 0. The Labute approximate surface area is 209 Å². The molecule has 2 aliphatic rings. The highest BCUT2D eigenvalue weighted by Gasteiger charge is 2.20. The molecule has 10 heteroatoms. The van der Waals surface area contributed by atoms with Crippen molar-refractivity contribution in [3.63, 3.8) is 0 Å². The third kappa shape index (κ3) is 5.91. The molecule has 192 valence electrons. The molecular formula is C26H32N4O6. The van der Waals surface area contributed by atoms with Gasteiger partial charge in [-0.25, -0.2) is 4.79 Å². The van der Waals surface area contributed by atoms with Crippen LogP contribution in [-0.4, -0.2) is 77.0 Å². The van der Waals surface area contributed by atoms with Crippen LogP contribution in [0.3, 0.4) is 0 Å². The summed E-state index contributed by atoms with van der Waals surface area (Å²) in [4.78, 5) is 11.9. The lowest BCUT2D eigenvalue weighted by Gasteiger charge is -2.11. The molecule has 10 nitrogen and oxygen atoms in total. The smallest absolute Gasteiger partial charge is 0.337 e. The summed E-state index contributed by atoms with van der Waals surface area (Å²) in [5.74, 6) is 1.68. The lowest BCUT2D eigenvalue weighted by molar-refractivity contribution is 0.0373. The molecule has 1 aliphatic carbocycles. The molecule has 0 amide bonds. The van der Waals surface area contributed by atoms with Gasteiger partial charge in [-0.15, -0.1) is 0 Å². The maximum Gasteiger partial charge on any atom is 0.337 e. The van der Waals surface area contributed by atoms with Gasteiger partial charge in [0.25, 0.3) is 0 Å². The summed E-state index contributed by atoms with van der Waals surface area (Å²) in [5.41, 5.74) is 3.13. The Balaban J connectivity index is 1.42. The topological polar surface area (TPSA) is 119 Å². The van der Waals surface area contributed by atoms with Gasteiger partial charge in [-0.2, -0.15) is 0 Å². The van der Waals surface area contributed by atoms with E-state index < -0.39 is 0 Å². The van der Waals surface area contributed by atoms with Crippen LogP contribution in [-0.2, 0) is 14.2 Å². The summed E-state index contributed by atoms with van der Waals surface area (Å²) in [7, 11) is 4.88. The Bertz CT molecular complexity index is 1250. The zero-order valence-corrected chi connectivity index (χ0v) is 20.7. The van der Waals surface area contributed by atoms with Crippen LogP contribution in [0.25, 0.3) is 22.0 Å². The Kier molecular flexibility index (Phi) is 8.66. The van der Waals surface area contributed by atoms with E-state index >= 15 is 0 Å². The van der Waals surface area contributed by atoms with Crippen LogP contribution in [0.5, 0.6) is 11.5 Å². The molecule has 2 aromatic carbocycles. The molecule has 2 aromatic rings. The Morgan fingerprint density at radius 1 is 0.917 bits per heavy atom. The molecule has 0 atom stereocenters. The maximum atomic E-state index is 11.9. The van der Waals surface area contributed by atoms with Crippen molar-refractivity contribution in [1.29, 1.82) is 0 Å². The zero-order chi connectivity index (χ0) is 25.3. The molecule has 0 fully saturated rings. The Hall–Kier alpha value is -3.73. The number of esters is 1. The van der Waals surface area contributed by atoms with Crippen LogP contribution in [0.4, 0.5) is 11.5 Å². The number of anilines is 2. The van der Waals surface area contributed by atoms with Crippen molar-refractivity contribution >= 4 is 28.2 Å². The van der Waals surface area contributed by atoms with E-state index in [9.17, 15) is 4.79 Å². The van der Waals surface area contributed by atoms with Crippen LogP contribution in [0.1, 0.15) is 10.4 Å². The molecule has 0 spiro atoms. The van der Waals surface area contributed by atoms with E-state index in [4.69, 9.17) is 23.7 Å². The lowest BCUT2D eigenvalue weighted by Crippen LogP contribution is -2.17. The van der Waals surface area contributed by atoms with Crippen LogP contribution >= 0.6 is 0 Å². The van der Waals surface area contributed by atoms with Crippen molar-refractivity contribution in [2.75, 3.05) is 66.2 Å². The normalized spacial score (nSPS) is 11.2. The fraction of sp³-hybridized carbons (Fsp3) is 0.346. The summed E-state index contributed by atoms with van der Waals surface area (Å²) >= 11 is 0. The van der Waals surface area contributed by atoms with Gasteiger partial charge in [0.2, 0.25) is 0 Å². The highest BCUT2D eigenvalue weighted by atomic mass is 16.6. The molecule has 0 radical (unpaired) electrons. The largest absolute Gasteiger partial charge is 0.493 e. The number of hydrogen-bond acceptors (Lipinski definition) is 8. The van der Waals surface area contributed by atoms with Crippen molar-refractivity contribution in [3.05, 3.63) is 48.0 Å². The number of carbonyl (C=O) groups excluding carboxylic acids is 1. The summed E-state index contributed by atoms with van der Waals surface area (Å²) in [6, 6.07) is 13.1. The zero-order valence-electron chi connectivity index (χ0n) is 20.7. The second-order valence-corrected chi connectivity index (χ2v) is 8.02. The monoisotopic (exact) mass is 496 g/mol. The third-order valence-corrected chi connectivity index (χ3v) is 5.66. The van der Waals surface area contributed by atoms with Gasteiger partial charge < -0.3 is 34.3 Å². The number of rotatable bonds is 14. The molecule has 4 rings (SSSR count). The van der Waals surface area contributed by atoms with Crippen molar-refractivity contribution < 1.29 is 28.5 Å². The predicted octanol–water partition coefficient (Wildman–Crippen LogP) is 3.77. The first-order valence-electron chi connectivity index (χ1n) is 11.7. The molecule has 36 heavy (non-hydrogen) atoms. The van der Waals surface area contributed by atoms with Crippen LogP contribution in [0.15, 0.2) is 42.5 Å². The number of H-pyrrole nitrogens is 2. The number of nitrogens with one attached hydrogen (secondary N) is 4. The van der Waals surface area contributed by atoms with E-state index in [1.807, 2.05) is 25.2 Å². The number of aromatic amines is 2.